The quantitative estimate of drug-likeness (QED) is 0.691. The van der Waals surface area contributed by atoms with E-state index in [1.807, 2.05) is 18.9 Å². The number of rotatable bonds is 1. The molecule has 1 saturated heterocycles. The maximum Gasteiger partial charge on any atom is 0.188 e. The Morgan fingerprint density at radius 1 is 1.47 bits per heavy atom. The topological polar surface area (TPSA) is 40.1 Å². The summed E-state index contributed by atoms with van der Waals surface area (Å²) < 4.78 is 2.37. The van der Waals surface area contributed by atoms with Gasteiger partial charge in [-0.2, -0.15) is 5.59 Å². The number of hydrazone groups is 1. The number of thioether (sulfide) groups is 1. The molecule has 0 amide bonds. The number of nitrogens with one attached hydrogen (secondary N) is 1. The Morgan fingerprint density at radius 3 is 2.80 bits per heavy atom. The van der Waals surface area contributed by atoms with Gasteiger partial charge in [-0.25, -0.2) is 9.14 Å². The molecule has 7 heteroatoms. The van der Waals surface area contributed by atoms with Crippen LogP contribution >= 0.6 is 23.7 Å². The van der Waals surface area contributed by atoms with Crippen LogP contribution in [0.3, 0.4) is 0 Å². The average Bonchev–Trinajstić information content (AvgIpc) is 2.29. The lowest BCUT2D eigenvalue weighted by Gasteiger charge is -2.36. The van der Waals surface area contributed by atoms with Crippen LogP contribution in [-0.2, 0) is 4.84 Å². The van der Waals surface area contributed by atoms with Crippen LogP contribution in [0.2, 0.25) is 0 Å². The molecule has 15 heavy (non-hydrogen) atoms. The smallest absolute Gasteiger partial charge is 0.188 e. The van der Waals surface area contributed by atoms with Gasteiger partial charge in [0.1, 0.15) is 5.44 Å². The summed E-state index contributed by atoms with van der Waals surface area (Å²) in [6.07, 6.45) is 2.13. The molecule has 0 aliphatic carbocycles. The maximum absolute atomic E-state index is 5.13. The van der Waals surface area contributed by atoms with Gasteiger partial charge in [-0.1, -0.05) is 23.7 Å². The molecule has 1 unspecified atom stereocenters. The summed E-state index contributed by atoms with van der Waals surface area (Å²) in [5.74, 6) is 0. The second kappa shape index (κ2) is 5.29. The molecular formula is C8H16N4OS2. The molecule has 0 aromatic carbocycles. The molecule has 86 valence electrons. The SMILES string of the molecule is CSN1CCN(C2=NNOC(C)S2)CC1. The molecule has 0 radical (unpaired) electrons. The third-order valence-electron chi connectivity index (χ3n) is 2.40. The highest BCUT2D eigenvalue weighted by Crippen LogP contribution is 2.21. The Bertz CT molecular complexity index is 243. The molecule has 1 atom stereocenters. The van der Waals surface area contributed by atoms with Crippen LogP contribution in [0.4, 0.5) is 0 Å². The molecule has 5 nitrogen and oxygen atoms in total. The van der Waals surface area contributed by atoms with Crippen LogP contribution in [-0.4, -0.2) is 52.2 Å². The lowest BCUT2D eigenvalue weighted by Crippen LogP contribution is -2.47. The minimum atomic E-state index is 0.135. The lowest BCUT2D eigenvalue weighted by molar-refractivity contribution is 0.0294. The maximum atomic E-state index is 5.13. The van der Waals surface area contributed by atoms with E-state index in [0.717, 1.165) is 31.3 Å². The predicted molar refractivity (Wildman–Crippen MR) is 65.4 cm³/mol. The van der Waals surface area contributed by atoms with Crippen molar-refractivity contribution >= 4 is 28.9 Å². The molecule has 0 saturated carbocycles. The highest BCUT2D eigenvalue weighted by atomic mass is 32.2. The summed E-state index contributed by atoms with van der Waals surface area (Å²) in [4.78, 5) is 7.43. The van der Waals surface area contributed by atoms with Gasteiger partial charge in [0, 0.05) is 26.2 Å². The predicted octanol–water partition coefficient (Wildman–Crippen LogP) is 0.767. The van der Waals surface area contributed by atoms with E-state index in [-0.39, 0.29) is 5.44 Å². The Morgan fingerprint density at radius 2 is 2.20 bits per heavy atom. The standard InChI is InChI=1S/C8H16N4OS2/c1-7-13-10-9-8(15-7)11-3-5-12(14-2)6-4-11/h7,10H,3-6H2,1-2H3. The van der Waals surface area contributed by atoms with Crippen LogP contribution in [0.5, 0.6) is 0 Å². The van der Waals surface area contributed by atoms with Crippen LogP contribution < -0.4 is 5.59 Å². The summed E-state index contributed by atoms with van der Waals surface area (Å²) in [5, 5.41) is 5.21. The molecule has 2 heterocycles. The van der Waals surface area contributed by atoms with Crippen LogP contribution in [0, 0.1) is 0 Å². The van der Waals surface area contributed by atoms with Crippen molar-refractivity contribution in [3.8, 4) is 0 Å². The second-order valence-corrected chi connectivity index (χ2v) is 5.53. The fourth-order valence-electron chi connectivity index (χ4n) is 1.55. The second-order valence-electron chi connectivity index (χ2n) is 3.39. The number of piperazine rings is 1. The number of hydrogen-bond acceptors (Lipinski definition) is 7. The van der Waals surface area contributed by atoms with Gasteiger partial charge in [-0.05, 0) is 13.2 Å². The van der Waals surface area contributed by atoms with Crippen molar-refractivity contribution in [1.82, 2.24) is 14.8 Å². The molecule has 0 aromatic rings. The zero-order chi connectivity index (χ0) is 10.7. The molecule has 0 spiro atoms. The van der Waals surface area contributed by atoms with E-state index in [1.54, 1.807) is 11.8 Å². The zero-order valence-corrected chi connectivity index (χ0v) is 10.6. The minimum Gasteiger partial charge on any atom is -0.347 e. The van der Waals surface area contributed by atoms with E-state index in [0.29, 0.717) is 0 Å². The Hall–Kier alpha value is -0.110. The van der Waals surface area contributed by atoms with Crippen molar-refractivity contribution < 1.29 is 4.84 Å². The van der Waals surface area contributed by atoms with Crippen LogP contribution in [0.25, 0.3) is 0 Å². The molecule has 0 aromatic heterocycles. The van der Waals surface area contributed by atoms with E-state index in [1.165, 1.54) is 0 Å². The van der Waals surface area contributed by atoms with E-state index in [9.17, 15) is 0 Å². The van der Waals surface area contributed by atoms with Gasteiger partial charge < -0.3 is 4.90 Å². The van der Waals surface area contributed by atoms with Crippen molar-refractivity contribution in [1.29, 1.82) is 0 Å². The largest absolute Gasteiger partial charge is 0.347 e. The average molecular weight is 248 g/mol. The van der Waals surface area contributed by atoms with Gasteiger partial charge in [0.05, 0.1) is 0 Å². The normalized spacial score (nSPS) is 28.5. The van der Waals surface area contributed by atoms with Gasteiger partial charge in [0.25, 0.3) is 0 Å². The summed E-state index contributed by atoms with van der Waals surface area (Å²) >= 11 is 3.48. The van der Waals surface area contributed by atoms with Gasteiger partial charge >= 0.3 is 0 Å². The molecule has 1 N–H and O–H groups in total. The summed E-state index contributed by atoms with van der Waals surface area (Å²) in [5.41, 5.74) is 2.75. The van der Waals surface area contributed by atoms with Crippen LogP contribution in [0.1, 0.15) is 6.92 Å². The Balaban J connectivity index is 1.87. The van der Waals surface area contributed by atoms with Gasteiger partial charge in [0.2, 0.25) is 0 Å². The molecule has 2 aliphatic heterocycles. The van der Waals surface area contributed by atoms with Gasteiger partial charge in [-0.3, -0.25) is 0 Å². The third-order valence-corrected chi connectivity index (χ3v) is 4.27. The first kappa shape index (κ1) is 11.4. The van der Waals surface area contributed by atoms with E-state index >= 15 is 0 Å². The van der Waals surface area contributed by atoms with Crippen molar-refractivity contribution in [3.63, 3.8) is 0 Å². The van der Waals surface area contributed by atoms with E-state index in [2.05, 4.69) is 26.2 Å². The summed E-state index contributed by atoms with van der Waals surface area (Å²) in [6, 6.07) is 0. The summed E-state index contributed by atoms with van der Waals surface area (Å²) in [7, 11) is 0. The lowest BCUT2D eigenvalue weighted by atomic mass is 10.4. The summed E-state index contributed by atoms with van der Waals surface area (Å²) in [6.45, 7) is 6.29. The third kappa shape index (κ3) is 2.93. The first-order chi connectivity index (χ1) is 7.29. The van der Waals surface area contributed by atoms with E-state index in [4.69, 9.17) is 4.84 Å². The molecular weight excluding hydrogens is 232 g/mol. The van der Waals surface area contributed by atoms with Gasteiger partial charge in [0.15, 0.2) is 5.17 Å². The molecule has 0 bridgehead atoms. The fraction of sp³-hybridized carbons (Fsp3) is 0.875. The highest BCUT2D eigenvalue weighted by molar-refractivity contribution is 8.14. The fourth-order valence-corrected chi connectivity index (χ4v) is 2.88. The van der Waals surface area contributed by atoms with Crippen LogP contribution in [0.15, 0.2) is 5.10 Å². The van der Waals surface area contributed by atoms with Crippen molar-refractivity contribution in [2.45, 2.75) is 12.4 Å². The highest BCUT2D eigenvalue weighted by Gasteiger charge is 2.23. The number of hydrogen-bond donors (Lipinski definition) is 1. The first-order valence-electron chi connectivity index (χ1n) is 4.98. The van der Waals surface area contributed by atoms with Crippen molar-refractivity contribution in [3.05, 3.63) is 0 Å². The van der Waals surface area contributed by atoms with E-state index < -0.39 is 0 Å². The number of amidine groups is 1. The Labute approximate surface area is 98.7 Å². The van der Waals surface area contributed by atoms with Gasteiger partial charge in [-0.15, -0.1) is 5.10 Å². The van der Waals surface area contributed by atoms with Crippen molar-refractivity contribution in [2.24, 2.45) is 5.10 Å². The molecule has 1 fully saturated rings. The molecule has 2 rings (SSSR count). The van der Waals surface area contributed by atoms with Crippen molar-refractivity contribution in [2.75, 3.05) is 32.4 Å². The minimum absolute atomic E-state index is 0.135. The molecule has 2 aliphatic rings. The number of nitrogens with zero attached hydrogens (tertiary/aromatic N) is 3. The monoisotopic (exact) mass is 248 g/mol. The first-order valence-corrected chi connectivity index (χ1v) is 7.04. The Kier molecular flexibility index (Phi) is 4.01. The zero-order valence-electron chi connectivity index (χ0n) is 8.97.